The fourth-order valence-electron chi connectivity index (χ4n) is 4.75. The van der Waals surface area contributed by atoms with Crippen molar-refractivity contribution < 1.29 is 33.6 Å². The Morgan fingerprint density at radius 1 is 0.884 bits per heavy atom. The molecule has 1 aliphatic carbocycles. The van der Waals surface area contributed by atoms with Gasteiger partial charge in [0.25, 0.3) is 0 Å². The number of hydrogen-bond donors (Lipinski definition) is 3. The van der Waals surface area contributed by atoms with E-state index in [1.54, 1.807) is 4.90 Å². The number of hydrogen-bond acceptors (Lipinski definition) is 8. The minimum atomic E-state index is -0.672. The first-order valence-electron chi connectivity index (χ1n) is 15.6. The van der Waals surface area contributed by atoms with Gasteiger partial charge in [0, 0.05) is 52.2 Å². The maximum Gasteiger partial charge on any atom is 0.317 e. The lowest BCUT2D eigenvalue weighted by Gasteiger charge is -2.31. The molecule has 0 spiro atoms. The summed E-state index contributed by atoms with van der Waals surface area (Å²) in [6.45, 7) is 5.40. The van der Waals surface area contributed by atoms with E-state index in [0.29, 0.717) is 71.1 Å². The van der Waals surface area contributed by atoms with Gasteiger partial charge in [-0.25, -0.2) is 4.79 Å². The van der Waals surface area contributed by atoms with Gasteiger partial charge in [0.05, 0.1) is 26.2 Å². The van der Waals surface area contributed by atoms with Crippen LogP contribution in [0, 0.1) is 5.92 Å². The van der Waals surface area contributed by atoms with Crippen LogP contribution in [0.3, 0.4) is 0 Å². The highest BCUT2D eigenvalue weighted by molar-refractivity contribution is 5.74. The number of aliphatic hydroxyl groups is 1. The molecule has 43 heavy (non-hydrogen) atoms. The summed E-state index contributed by atoms with van der Waals surface area (Å²) in [4.78, 5) is 26.4. The molecule has 1 unspecified atom stereocenters. The van der Waals surface area contributed by atoms with Gasteiger partial charge < -0.3 is 39.6 Å². The lowest BCUT2D eigenvalue weighted by molar-refractivity contribution is -0.150. The summed E-state index contributed by atoms with van der Waals surface area (Å²) >= 11 is 0. The largest absolute Gasteiger partial charge is 0.491 e. The first-order chi connectivity index (χ1) is 21.0. The van der Waals surface area contributed by atoms with Crippen LogP contribution in [0.5, 0.6) is 5.75 Å². The number of piperidine rings is 1. The molecule has 1 atom stereocenters. The molecular weight excluding hydrogens is 550 g/mol. The van der Waals surface area contributed by atoms with Gasteiger partial charge in [-0.3, -0.25) is 4.79 Å². The lowest BCUT2D eigenvalue weighted by Crippen LogP contribution is -2.47. The molecule has 1 aliphatic heterocycles. The molecule has 10 heteroatoms. The molecule has 0 bridgehead atoms. The van der Waals surface area contributed by atoms with Crippen molar-refractivity contribution in [2.75, 3.05) is 65.8 Å². The van der Waals surface area contributed by atoms with Crippen LogP contribution in [-0.4, -0.2) is 100.0 Å². The summed E-state index contributed by atoms with van der Waals surface area (Å²) in [6, 6.07) is 17.2. The Morgan fingerprint density at radius 2 is 1.63 bits per heavy atom. The number of nitrogens with zero attached hydrogens (tertiary/aromatic N) is 1. The predicted octanol–water partition coefficient (Wildman–Crippen LogP) is 2.96. The van der Waals surface area contributed by atoms with Gasteiger partial charge in [0.2, 0.25) is 0 Å². The molecule has 4 rings (SSSR count). The average Bonchev–Trinajstić information content (AvgIpc) is 3.85. The highest BCUT2D eigenvalue weighted by Crippen LogP contribution is 2.28. The standard InChI is InChI=1S/C33H47N3O7/c37-29(25-42-30-10-8-26(9-11-30)14-19-40-20-21-41-24-28-6-7-28)23-34-15-16-35-33(39)36-17-12-31(13-18-36)43-32(38)22-27-4-2-1-3-5-27/h1-5,8-11,28-29,31,34,37H,6-7,12-25H2,(H,35,39). The Balaban J connectivity index is 0.969. The summed E-state index contributed by atoms with van der Waals surface area (Å²) in [7, 11) is 0. The fourth-order valence-corrected chi connectivity index (χ4v) is 4.75. The van der Waals surface area contributed by atoms with E-state index >= 15 is 0 Å². The molecular formula is C33H47N3O7. The van der Waals surface area contributed by atoms with Crippen LogP contribution < -0.4 is 15.4 Å². The Bertz CT molecular complexity index is 1070. The number of amides is 2. The van der Waals surface area contributed by atoms with E-state index in [2.05, 4.69) is 10.6 Å². The van der Waals surface area contributed by atoms with E-state index in [4.69, 9.17) is 18.9 Å². The Morgan fingerprint density at radius 3 is 2.37 bits per heavy atom. The zero-order valence-corrected chi connectivity index (χ0v) is 25.1. The second-order valence-corrected chi connectivity index (χ2v) is 11.3. The third-order valence-corrected chi connectivity index (χ3v) is 7.50. The predicted molar refractivity (Wildman–Crippen MR) is 163 cm³/mol. The Labute approximate surface area is 255 Å². The van der Waals surface area contributed by atoms with Crippen molar-refractivity contribution in [2.45, 2.75) is 50.7 Å². The maximum absolute atomic E-state index is 12.5. The highest BCUT2D eigenvalue weighted by Gasteiger charge is 2.25. The van der Waals surface area contributed by atoms with Crippen LogP contribution in [0.25, 0.3) is 0 Å². The van der Waals surface area contributed by atoms with Gasteiger partial charge in [-0.1, -0.05) is 42.5 Å². The monoisotopic (exact) mass is 597 g/mol. The Hall–Kier alpha value is -3.18. The van der Waals surface area contributed by atoms with Crippen LogP contribution in [0.1, 0.15) is 36.8 Å². The molecule has 1 heterocycles. The quantitative estimate of drug-likeness (QED) is 0.167. The van der Waals surface area contributed by atoms with Crippen molar-refractivity contribution in [3.8, 4) is 5.75 Å². The number of nitrogens with one attached hydrogen (secondary N) is 2. The number of aliphatic hydroxyl groups excluding tert-OH is 1. The summed E-state index contributed by atoms with van der Waals surface area (Å²) in [5.41, 5.74) is 2.10. The molecule has 236 valence electrons. The van der Waals surface area contributed by atoms with Crippen LogP contribution in [0.4, 0.5) is 4.79 Å². The third kappa shape index (κ3) is 13.3. The number of rotatable bonds is 19. The number of carbonyl (C=O) groups excluding carboxylic acids is 2. The molecule has 2 amide bonds. The summed E-state index contributed by atoms with van der Waals surface area (Å²) in [5.74, 6) is 1.26. The number of likely N-dealkylation sites (tertiary alicyclic amines) is 1. The second-order valence-electron chi connectivity index (χ2n) is 11.3. The minimum Gasteiger partial charge on any atom is -0.491 e. The van der Waals surface area contributed by atoms with Crippen molar-refractivity contribution in [3.63, 3.8) is 0 Å². The summed E-state index contributed by atoms with van der Waals surface area (Å²) in [6.07, 6.45) is 4.13. The van der Waals surface area contributed by atoms with Crippen molar-refractivity contribution >= 4 is 12.0 Å². The smallest absolute Gasteiger partial charge is 0.317 e. The highest BCUT2D eigenvalue weighted by atomic mass is 16.5. The van der Waals surface area contributed by atoms with Gasteiger partial charge in [0.1, 0.15) is 24.6 Å². The van der Waals surface area contributed by atoms with Crippen LogP contribution in [0.15, 0.2) is 54.6 Å². The normalized spacial score (nSPS) is 16.1. The molecule has 2 aromatic rings. The van der Waals surface area contributed by atoms with E-state index in [1.807, 2.05) is 54.6 Å². The Kier molecular flexibility index (Phi) is 14.1. The van der Waals surface area contributed by atoms with E-state index < -0.39 is 6.10 Å². The number of carbonyl (C=O) groups is 2. The molecule has 10 nitrogen and oxygen atoms in total. The van der Waals surface area contributed by atoms with E-state index in [1.165, 1.54) is 18.4 Å². The third-order valence-electron chi connectivity index (χ3n) is 7.50. The van der Waals surface area contributed by atoms with Crippen molar-refractivity contribution in [1.29, 1.82) is 0 Å². The van der Waals surface area contributed by atoms with Gasteiger partial charge in [-0.2, -0.15) is 0 Å². The van der Waals surface area contributed by atoms with Gasteiger partial charge in [-0.05, 0) is 48.4 Å². The molecule has 1 saturated carbocycles. The molecule has 0 radical (unpaired) electrons. The van der Waals surface area contributed by atoms with E-state index in [9.17, 15) is 14.7 Å². The molecule has 2 aliphatic rings. The van der Waals surface area contributed by atoms with Gasteiger partial charge in [-0.15, -0.1) is 0 Å². The average molecular weight is 598 g/mol. The molecule has 2 aromatic carbocycles. The summed E-state index contributed by atoms with van der Waals surface area (Å²) < 4.78 is 22.5. The molecule has 3 N–H and O–H groups in total. The van der Waals surface area contributed by atoms with Crippen LogP contribution in [0.2, 0.25) is 0 Å². The van der Waals surface area contributed by atoms with Crippen molar-refractivity contribution in [2.24, 2.45) is 5.92 Å². The topological polar surface area (TPSA) is 119 Å². The second kappa shape index (κ2) is 18.5. The first kappa shape index (κ1) is 32.7. The summed E-state index contributed by atoms with van der Waals surface area (Å²) in [5, 5.41) is 16.3. The maximum atomic E-state index is 12.5. The SMILES string of the molecule is O=C(Cc1ccccc1)OC1CCN(C(=O)NCCNCC(O)COc2ccc(CCOCCOCC3CC3)cc2)CC1. The number of benzene rings is 2. The molecule has 2 fully saturated rings. The van der Waals surface area contributed by atoms with Crippen molar-refractivity contribution in [3.05, 3.63) is 65.7 Å². The minimum absolute atomic E-state index is 0.132. The van der Waals surface area contributed by atoms with Gasteiger partial charge >= 0.3 is 12.0 Å². The van der Waals surface area contributed by atoms with Crippen LogP contribution in [-0.2, 0) is 31.8 Å². The zero-order chi connectivity index (χ0) is 30.1. The number of ether oxygens (including phenoxy) is 4. The lowest BCUT2D eigenvalue weighted by atomic mass is 10.1. The van der Waals surface area contributed by atoms with Crippen LogP contribution >= 0.6 is 0 Å². The fraction of sp³-hybridized carbons (Fsp3) is 0.576. The zero-order valence-electron chi connectivity index (χ0n) is 25.1. The van der Waals surface area contributed by atoms with Gasteiger partial charge in [0.15, 0.2) is 0 Å². The van der Waals surface area contributed by atoms with E-state index in [0.717, 1.165) is 24.5 Å². The number of esters is 1. The number of urea groups is 1. The molecule has 1 saturated heterocycles. The van der Waals surface area contributed by atoms with Crippen molar-refractivity contribution in [1.82, 2.24) is 15.5 Å². The van der Waals surface area contributed by atoms with E-state index in [-0.39, 0.29) is 31.1 Å². The first-order valence-corrected chi connectivity index (χ1v) is 15.6. The molecule has 0 aromatic heterocycles.